The molecule has 1 aromatic heterocycles. The number of para-hydroxylation sites is 1. The number of halogens is 1. The SMILES string of the molecule is CC(C)(O)c1cn(CCC(=O)Nc2ccccc2F)nn1. The van der Waals surface area contributed by atoms with E-state index in [1.54, 1.807) is 32.2 Å². The lowest BCUT2D eigenvalue weighted by molar-refractivity contribution is -0.116. The average Bonchev–Trinajstić information content (AvgIpc) is 2.88. The molecule has 6 nitrogen and oxygen atoms in total. The maximum Gasteiger partial charge on any atom is 0.226 e. The molecule has 2 aromatic rings. The molecule has 0 unspecified atom stereocenters. The Morgan fingerprint density at radius 1 is 1.43 bits per heavy atom. The fraction of sp³-hybridized carbons (Fsp3) is 0.357. The van der Waals surface area contributed by atoms with Crippen LogP contribution < -0.4 is 5.32 Å². The zero-order valence-corrected chi connectivity index (χ0v) is 11.9. The monoisotopic (exact) mass is 292 g/mol. The van der Waals surface area contributed by atoms with Crippen molar-refractivity contribution in [2.45, 2.75) is 32.4 Å². The molecule has 1 aromatic carbocycles. The van der Waals surface area contributed by atoms with Gasteiger partial charge < -0.3 is 10.4 Å². The summed E-state index contributed by atoms with van der Waals surface area (Å²) in [7, 11) is 0. The summed E-state index contributed by atoms with van der Waals surface area (Å²) in [5, 5.41) is 19.9. The van der Waals surface area contributed by atoms with Crippen LogP contribution in [0.25, 0.3) is 0 Å². The van der Waals surface area contributed by atoms with Crippen LogP contribution in [-0.4, -0.2) is 26.0 Å². The quantitative estimate of drug-likeness (QED) is 0.878. The van der Waals surface area contributed by atoms with Gasteiger partial charge in [-0.1, -0.05) is 17.3 Å². The summed E-state index contributed by atoms with van der Waals surface area (Å²) >= 11 is 0. The van der Waals surface area contributed by atoms with Gasteiger partial charge in [0.2, 0.25) is 5.91 Å². The third-order valence-corrected chi connectivity index (χ3v) is 2.88. The number of anilines is 1. The van der Waals surface area contributed by atoms with Crippen LogP contribution in [0.4, 0.5) is 10.1 Å². The van der Waals surface area contributed by atoms with Crippen LogP contribution in [-0.2, 0) is 16.9 Å². The van der Waals surface area contributed by atoms with Crippen LogP contribution in [0, 0.1) is 5.82 Å². The number of aryl methyl sites for hydroxylation is 1. The minimum absolute atomic E-state index is 0.128. The molecular formula is C14H17FN4O2. The number of nitrogens with one attached hydrogen (secondary N) is 1. The number of hydrogen-bond donors (Lipinski definition) is 2. The molecule has 112 valence electrons. The summed E-state index contributed by atoms with van der Waals surface area (Å²) in [5.74, 6) is -0.795. The molecule has 0 spiro atoms. The number of amides is 1. The first kappa shape index (κ1) is 15.1. The number of hydrogen-bond acceptors (Lipinski definition) is 4. The van der Waals surface area contributed by atoms with Crippen LogP contribution in [0.1, 0.15) is 26.0 Å². The summed E-state index contributed by atoms with van der Waals surface area (Å²) in [6.07, 6.45) is 1.71. The third-order valence-electron chi connectivity index (χ3n) is 2.88. The van der Waals surface area contributed by atoms with E-state index in [4.69, 9.17) is 0 Å². The van der Waals surface area contributed by atoms with Gasteiger partial charge in [0.15, 0.2) is 0 Å². The molecule has 7 heteroatoms. The Balaban J connectivity index is 1.90. The summed E-state index contributed by atoms with van der Waals surface area (Å²) in [4.78, 5) is 11.8. The molecule has 0 radical (unpaired) electrons. The van der Waals surface area contributed by atoms with Crippen LogP contribution in [0.3, 0.4) is 0 Å². The highest BCUT2D eigenvalue weighted by Crippen LogP contribution is 2.16. The standard InChI is InChI=1S/C14H17FN4O2/c1-14(2,21)12-9-19(18-17-12)8-7-13(20)16-11-6-4-3-5-10(11)15/h3-6,9,21H,7-8H2,1-2H3,(H,16,20). The average molecular weight is 292 g/mol. The Hall–Kier alpha value is -2.28. The lowest BCUT2D eigenvalue weighted by atomic mass is 10.1. The maximum absolute atomic E-state index is 13.4. The molecule has 2 N–H and O–H groups in total. The lowest BCUT2D eigenvalue weighted by Gasteiger charge is -2.11. The third kappa shape index (κ3) is 4.09. The Morgan fingerprint density at radius 2 is 2.14 bits per heavy atom. The largest absolute Gasteiger partial charge is 0.384 e. The molecular weight excluding hydrogens is 275 g/mol. The second kappa shape index (κ2) is 6.01. The molecule has 0 aliphatic carbocycles. The van der Waals surface area contributed by atoms with E-state index < -0.39 is 11.4 Å². The molecule has 0 aliphatic heterocycles. The van der Waals surface area contributed by atoms with E-state index in [2.05, 4.69) is 15.6 Å². The van der Waals surface area contributed by atoms with Gasteiger partial charge in [-0.3, -0.25) is 9.48 Å². The van der Waals surface area contributed by atoms with Gasteiger partial charge in [0.1, 0.15) is 17.1 Å². The topological polar surface area (TPSA) is 80.0 Å². The smallest absolute Gasteiger partial charge is 0.226 e. The van der Waals surface area contributed by atoms with Crippen molar-refractivity contribution in [3.05, 3.63) is 42.0 Å². The Morgan fingerprint density at radius 3 is 2.76 bits per heavy atom. The Bertz CT molecular complexity index is 634. The minimum Gasteiger partial charge on any atom is -0.384 e. The lowest BCUT2D eigenvalue weighted by Crippen LogP contribution is -2.16. The second-order valence-corrected chi connectivity index (χ2v) is 5.20. The highest BCUT2D eigenvalue weighted by atomic mass is 19.1. The fourth-order valence-corrected chi connectivity index (χ4v) is 1.68. The van der Waals surface area contributed by atoms with Crippen LogP contribution in [0.2, 0.25) is 0 Å². The fourth-order valence-electron chi connectivity index (χ4n) is 1.68. The number of benzene rings is 1. The molecule has 0 aliphatic rings. The summed E-state index contributed by atoms with van der Waals surface area (Å²) < 4.78 is 14.8. The van der Waals surface area contributed by atoms with Gasteiger partial charge in [0.25, 0.3) is 0 Å². The van der Waals surface area contributed by atoms with Crippen molar-refractivity contribution in [3.63, 3.8) is 0 Å². The van der Waals surface area contributed by atoms with Crippen molar-refractivity contribution in [3.8, 4) is 0 Å². The van der Waals surface area contributed by atoms with Gasteiger partial charge in [0, 0.05) is 6.42 Å². The van der Waals surface area contributed by atoms with E-state index in [0.717, 1.165) is 0 Å². The highest BCUT2D eigenvalue weighted by Gasteiger charge is 2.20. The van der Waals surface area contributed by atoms with Crippen molar-refractivity contribution in [1.82, 2.24) is 15.0 Å². The molecule has 0 saturated heterocycles. The van der Waals surface area contributed by atoms with Crippen molar-refractivity contribution in [2.24, 2.45) is 0 Å². The molecule has 2 rings (SSSR count). The molecule has 0 bridgehead atoms. The predicted octanol–water partition coefficient (Wildman–Crippen LogP) is 1.67. The summed E-state index contributed by atoms with van der Waals surface area (Å²) in [5.41, 5.74) is -0.497. The van der Waals surface area contributed by atoms with Crippen molar-refractivity contribution in [1.29, 1.82) is 0 Å². The normalized spacial score (nSPS) is 11.4. The van der Waals surface area contributed by atoms with E-state index >= 15 is 0 Å². The predicted molar refractivity (Wildman–Crippen MR) is 74.9 cm³/mol. The molecule has 0 saturated carbocycles. The van der Waals surface area contributed by atoms with Gasteiger partial charge in [-0.15, -0.1) is 5.10 Å². The number of aliphatic hydroxyl groups is 1. The van der Waals surface area contributed by atoms with Crippen molar-refractivity contribution in [2.75, 3.05) is 5.32 Å². The highest BCUT2D eigenvalue weighted by molar-refractivity contribution is 5.90. The van der Waals surface area contributed by atoms with Gasteiger partial charge in [-0.05, 0) is 26.0 Å². The van der Waals surface area contributed by atoms with Gasteiger partial charge in [0.05, 0.1) is 18.4 Å². The molecule has 21 heavy (non-hydrogen) atoms. The first-order valence-corrected chi connectivity index (χ1v) is 6.53. The first-order valence-electron chi connectivity index (χ1n) is 6.53. The van der Waals surface area contributed by atoms with Gasteiger partial charge in [-0.2, -0.15) is 0 Å². The Labute approximate surface area is 121 Å². The van der Waals surface area contributed by atoms with Crippen LogP contribution in [0.5, 0.6) is 0 Å². The molecule has 0 atom stereocenters. The van der Waals surface area contributed by atoms with Crippen molar-refractivity contribution >= 4 is 11.6 Å². The van der Waals surface area contributed by atoms with Gasteiger partial charge in [-0.25, -0.2) is 4.39 Å². The van der Waals surface area contributed by atoms with E-state index in [-0.39, 0.29) is 18.0 Å². The van der Waals surface area contributed by atoms with Crippen LogP contribution >= 0.6 is 0 Å². The second-order valence-electron chi connectivity index (χ2n) is 5.20. The van der Waals surface area contributed by atoms with Crippen LogP contribution in [0.15, 0.2) is 30.5 Å². The zero-order valence-electron chi connectivity index (χ0n) is 11.9. The molecule has 1 amide bonds. The van der Waals surface area contributed by atoms with Crippen molar-refractivity contribution < 1.29 is 14.3 Å². The van der Waals surface area contributed by atoms with E-state index in [1.165, 1.54) is 16.8 Å². The molecule has 0 fully saturated rings. The first-order chi connectivity index (χ1) is 9.86. The minimum atomic E-state index is -1.08. The number of nitrogens with zero attached hydrogens (tertiary/aromatic N) is 3. The number of rotatable bonds is 5. The summed E-state index contributed by atoms with van der Waals surface area (Å²) in [6, 6.07) is 5.97. The van der Waals surface area contributed by atoms with E-state index in [1.807, 2.05) is 0 Å². The maximum atomic E-state index is 13.4. The summed E-state index contributed by atoms with van der Waals surface area (Å²) in [6.45, 7) is 3.50. The van der Waals surface area contributed by atoms with Gasteiger partial charge >= 0.3 is 0 Å². The number of carbonyl (C=O) groups excluding carboxylic acids is 1. The van der Waals surface area contributed by atoms with E-state index in [9.17, 15) is 14.3 Å². The zero-order chi connectivity index (χ0) is 15.5. The Kier molecular flexibility index (Phi) is 4.32. The van der Waals surface area contributed by atoms with E-state index in [0.29, 0.717) is 12.2 Å². The molecule has 1 heterocycles. The number of aromatic nitrogens is 3. The number of carbonyl (C=O) groups is 1.